The first-order valence-corrected chi connectivity index (χ1v) is 8.67. The number of benzene rings is 2. The first kappa shape index (κ1) is 16.9. The summed E-state index contributed by atoms with van der Waals surface area (Å²) in [4.78, 5) is 9.53. The highest BCUT2D eigenvalue weighted by Crippen LogP contribution is 2.35. The quantitative estimate of drug-likeness (QED) is 0.582. The highest BCUT2D eigenvalue weighted by molar-refractivity contribution is 7.99. The number of aryl methyl sites for hydroxylation is 1. The van der Waals surface area contributed by atoms with Gasteiger partial charge in [-0.05, 0) is 37.3 Å². The summed E-state index contributed by atoms with van der Waals surface area (Å²) < 4.78 is 0. The molecule has 0 aliphatic carbocycles. The summed E-state index contributed by atoms with van der Waals surface area (Å²) in [6.07, 6.45) is 1.47. The van der Waals surface area contributed by atoms with E-state index in [1.165, 1.54) is 23.7 Å². The summed E-state index contributed by atoms with van der Waals surface area (Å²) in [6, 6.07) is 13.3. The lowest BCUT2D eigenvalue weighted by atomic mass is 10.2. The molecule has 1 heterocycles. The van der Waals surface area contributed by atoms with Crippen LogP contribution in [-0.4, -0.2) is 9.97 Å². The summed E-state index contributed by atoms with van der Waals surface area (Å²) in [5.74, 6) is 0.504. The van der Waals surface area contributed by atoms with Crippen molar-refractivity contribution in [3.8, 4) is 0 Å². The molecule has 3 N–H and O–H groups in total. The molecular formula is C17H14Cl2N4S. The Labute approximate surface area is 154 Å². The van der Waals surface area contributed by atoms with E-state index >= 15 is 0 Å². The second kappa shape index (κ2) is 7.30. The highest BCUT2D eigenvalue weighted by Gasteiger charge is 2.11. The Morgan fingerprint density at radius 1 is 1.04 bits per heavy atom. The second-order valence-corrected chi connectivity index (χ2v) is 7.01. The van der Waals surface area contributed by atoms with E-state index in [4.69, 9.17) is 28.9 Å². The van der Waals surface area contributed by atoms with Crippen molar-refractivity contribution in [2.75, 3.05) is 11.1 Å². The van der Waals surface area contributed by atoms with Crippen LogP contribution in [0.15, 0.2) is 58.7 Å². The molecule has 0 amide bonds. The van der Waals surface area contributed by atoms with E-state index in [0.29, 0.717) is 32.3 Å². The van der Waals surface area contributed by atoms with Gasteiger partial charge in [0.1, 0.15) is 17.0 Å². The third-order valence-electron chi connectivity index (χ3n) is 3.27. The van der Waals surface area contributed by atoms with Gasteiger partial charge in [-0.1, -0.05) is 52.7 Å². The van der Waals surface area contributed by atoms with Gasteiger partial charge in [0.15, 0.2) is 5.82 Å². The van der Waals surface area contributed by atoms with Gasteiger partial charge in [-0.25, -0.2) is 9.97 Å². The molecule has 0 aliphatic rings. The molecule has 1 aromatic heterocycles. The van der Waals surface area contributed by atoms with Crippen LogP contribution in [0, 0.1) is 6.92 Å². The molecule has 0 saturated heterocycles. The lowest BCUT2D eigenvalue weighted by Gasteiger charge is -2.12. The topological polar surface area (TPSA) is 63.8 Å². The Hall–Kier alpha value is -1.95. The van der Waals surface area contributed by atoms with Crippen molar-refractivity contribution >= 4 is 52.2 Å². The number of halogens is 2. The minimum atomic E-state index is 0.467. The van der Waals surface area contributed by atoms with Crippen molar-refractivity contribution in [2.24, 2.45) is 0 Å². The number of nitrogens with zero attached hydrogens (tertiary/aromatic N) is 2. The smallest absolute Gasteiger partial charge is 0.158 e. The van der Waals surface area contributed by atoms with Crippen molar-refractivity contribution in [3.05, 3.63) is 64.4 Å². The van der Waals surface area contributed by atoms with E-state index in [0.717, 1.165) is 4.90 Å². The molecule has 4 nitrogen and oxygen atoms in total. The Balaban J connectivity index is 1.86. The predicted molar refractivity (Wildman–Crippen MR) is 101 cm³/mol. The number of hydrogen-bond donors (Lipinski definition) is 2. The molecule has 0 radical (unpaired) electrons. The molecule has 24 heavy (non-hydrogen) atoms. The third kappa shape index (κ3) is 3.93. The average Bonchev–Trinajstić information content (AvgIpc) is 2.55. The zero-order valence-electron chi connectivity index (χ0n) is 12.8. The monoisotopic (exact) mass is 376 g/mol. The Kier molecular flexibility index (Phi) is 5.14. The first-order chi connectivity index (χ1) is 11.5. The molecule has 0 bridgehead atoms. The molecule has 0 spiro atoms. The van der Waals surface area contributed by atoms with Gasteiger partial charge in [-0.3, -0.25) is 0 Å². The van der Waals surface area contributed by atoms with Gasteiger partial charge in [-0.2, -0.15) is 0 Å². The molecule has 0 unspecified atom stereocenters. The van der Waals surface area contributed by atoms with Crippen molar-refractivity contribution in [3.63, 3.8) is 0 Å². The van der Waals surface area contributed by atoms with E-state index < -0.39 is 0 Å². The van der Waals surface area contributed by atoms with Gasteiger partial charge in [0, 0.05) is 9.92 Å². The summed E-state index contributed by atoms with van der Waals surface area (Å²) >= 11 is 13.6. The SMILES string of the molecule is Cc1ccc(Sc2ncnc(Nc3ccc(Cl)cc3Cl)c2N)cc1. The number of hydrogen-bond acceptors (Lipinski definition) is 5. The summed E-state index contributed by atoms with van der Waals surface area (Å²) in [5.41, 5.74) is 8.56. The number of nitrogen functional groups attached to an aromatic ring is 1. The number of aromatic nitrogens is 2. The molecule has 0 saturated carbocycles. The fourth-order valence-electron chi connectivity index (χ4n) is 2.00. The Bertz CT molecular complexity index is 869. The van der Waals surface area contributed by atoms with Crippen LogP contribution >= 0.6 is 35.0 Å². The molecule has 7 heteroatoms. The standard InChI is InChI=1S/C17H14Cl2N4S/c1-10-2-5-12(6-3-10)24-17-15(20)16(21-9-22-17)23-14-7-4-11(18)8-13(14)19/h2-9H,20H2,1H3,(H,21,22,23). The van der Waals surface area contributed by atoms with Gasteiger partial charge < -0.3 is 11.1 Å². The van der Waals surface area contributed by atoms with Crippen LogP contribution < -0.4 is 11.1 Å². The van der Waals surface area contributed by atoms with Crippen LogP contribution in [-0.2, 0) is 0 Å². The van der Waals surface area contributed by atoms with E-state index in [9.17, 15) is 0 Å². The van der Waals surface area contributed by atoms with Crippen LogP contribution in [0.4, 0.5) is 17.2 Å². The normalized spacial score (nSPS) is 10.6. The second-order valence-electron chi connectivity index (χ2n) is 5.11. The number of nitrogens with two attached hydrogens (primary N) is 1. The maximum absolute atomic E-state index is 6.21. The molecular weight excluding hydrogens is 363 g/mol. The van der Waals surface area contributed by atoms with Crippen LogP contribution in [0.2, 0.25) is 10.0 Å². The van der Waals surface area contributed by atoms with Gasteiger partial charge in [0.05, 0.1) is 10.7 Å². The van der Waals surface area contributed by atoms with Crippen molar-refractivity contribution in [2.45, 2.75) is 16.8 Å². The largest absolute Gasteiger partial charge is 0.394 e. The molecule has 0 atom stereocenters. The van der Waals surface area contributed by atoms with E-state index in [2.05, 4.69) is 15.3 Å². The van der Waals surface area contributed by atoms with E-state index in [1.807, 2.05) is 31.2 Å². The third-order valence-corrected chi connectivity index (χ3v) is 4.84. The van der Waals surface area contributed by atoms with Gasteiger partial charge in [0.25, 0.3) is 0 Å². The number of anilines is 3. The lowest BCUT2D eigenvalue weighted by molar-refractivity contribution is 1.06. The van der Waals surface area contributed by atoms with Crippen molar-refractivity contribution in [1.29, 1.82) is 0 Å². The van der Waals surface area contributed by atoms with Crippen LogP contribution in [0.3, 0.4) is 0 Å². The summed E-state index contributed by atoms with van der Waals surface area (Å²) in [6.45, 7) is 2.05. The predicted octanol–water partition coefficient (Wildman–Crippen LogP) is 5.57. The maximum atomic E-state index is 6.21. The minimum Gasteiger partial charge on any atom is -0.394 e. The average molecular weight is 377 g/mol. The Morgan fingerprint density at radius 2 is 1.79 bits per heavy atom. The van der Waals surface area contributed by atoms with Crippen molar-refractivity contribution in [1.82, 2.24) is 9.97 Å². The number of rotatable bonds is 4. The fourth-order valence-corrected chi connectivity index (χ4v) is 3.25. The van der Waals surface area contributed by atoms with Crippen molar-refractivity contribution < 1.29 is 0 Å². The highest BCUT2D eigenvalue weighted by atomic mass is 35.5. The fraction of sp³-hybridized carbons (Fsp3) is 0.0588. The zero-order chi connectivity index (χ0) is 17.1. The van der Waals surface area contributed by atoms with E-state index in [1.54, 1.807) is 18.2 Å². The van der Waals surface area contributed by atoms with E-state index in [-0.39, 0.29) is 0 Å². The maximum Gasteiger partial charge on any atom is 0.158 e. The number of nitrogens with one attached hydrogen (secondary N) is 1. The Morgan fingerprint density at radius 3 is 2.50 bits per heavy atom. The zero-order valence-corrected chi connectivity index (χ0v) is 15.1. The molecule has 3 aromatic rings. The lowest BCUT2D eigenvalue weighted by Crippen LogP contribution is -2.02. The summed E-state index contributed by atoms with van der Waals surface area (Å²) in [7, 11) is 0. The molecule has 2 aromatic carbocycles. The van der Waals surface area contributed by atoms with Crippen LogP contribution in [0.25, 0.3) is 0 Å². The van der Waals surface area contributed by atoms with Crippen LogP contribution in [0.1, 0.15) is 5.56 Å². The van der Waals surface area contributed by atoms with Gasteiger partial charge in [0.2, 0.25) is 0 Å². The molecule has 3 rings (SSSR count). The van der Waals surface area contributed by atoms with Gasteiger partial charge >= 0.3 is 0 Å². The minimum absolute atomic E-state index is 0.467. The molecule has 0 fully saturated rings. The summed E-state index contributed by atoms with van der Waals surface area (Å²) in [5, 5.41) is 4.87. The van der Waals surface area contributed by atoms with Gasteiger partial charge in [-0.15, -0.1) is 0 Å². The van der Waals surface area contributed by atoms with Crippen LogP contribution in [0.5, 0.6) is 0 Å². The molecule has 0 aliphatic heterocycles. The first-order valence-electron chi connectivity index (χ1n) is 7.10. The molecule has 122 valence electrons.